The number of hydrogen-bond donors (Lipinski definition) is 1. The van der Waals surface area contributed by atoms with Crippen molar-refractivity contribution in [2.24, 2.45) is 0 Å². The standard InChI is InChI=1S/C17H16INO/c1-19-16(10-12-6-8-13(18)9-7-12)15-11-20-17-5-3-2-4-14(15)17/h2-9,11,16,19H,10H2,1H3. The predicted octanol–water partition coefficient (Wildman–Crippen LogP) is 4.54. The first-order valence-electron chi connectivity index (χ1n) is 6.66. The fraction of sp³-hybridized carbons (Fsp3) is 0.176. The molecule has 0 radical (unpaired) electrons. The lowest BCUT2D eigenvalue weighted by Crippen LogP contribution is -2.18. The van der Waals surface area contributed by atoms with Crippen molar-refractivity contribution in [2.45, 2.75) is 12.5 Å². The molecule has 3 rings (SSSR count). The molecule has 0 saturated carbocycles. The molecule has 20 heavy (non-hydrogen) atoms. The highest BCUT2D eigenvalue weighted by Gasteiger charge is 2.15. The van der Waals surface area contributed by atoms with E-state index in [2.05, 4.69) is 64.3 Å². The van der Waals surface area contributed by atoms with Crippen LogP contribution in [0.25, 0.3) is 11.0 Å². The zero-order valence-electron chi connectivity index (χ0n) is 11.3. The van der Waals surface area contributed by atoms with Crippen molar-refractivity contribution >= 4 is 33.6 Å². The van der Waals surface area contributed by atoms with Crippen LogP contribution in [0.15, 0.2) is 59.2 Å². The normalized spacial score (nSPS) is 12.7. The summed E-state index contributed by atoms with van der Waals surface area (Å²) in [4.78, 5) is 0. The van der Waals surface area contributed by atoms with Crippen LogP contribution < -0.4 is 5.32 Å². The van der Waals surface area contributed by atoms with Crippen LogP contribution in [0.2, 0.25) is 0 Å². The van der Waals surface area contributed by atoms with Crippen LogP contribution in [-0.4, -0.2) is 7.05 Å². The van der Waals surface area contributed by atoms with Crippen LogP contribution in [0.4, 0.5) is 0 Å². The third kappa shape index (κ3) is 2.74. The third-order valence-electron chi connectivity index (χ3n) is 3.59. The van der Waals surface area contributed by atoms with Gasteiger partial charge in [-0.2, -0.15) is 0 Å². The predicted molar refractivity (Wildman–Crippen MR) is 90.9 cm³/mol. The highest BCUT2D eigenvalue weighted by Crippen LogP contribution is 2.28. The van der Waals surface area contributed by atoms with Gasteiger partial charge in [-0.05, 0) is 59.8 Å². The summed E-state index contributed by atoms with van der Waals surface area (Å²) in [6.45, 7) is 0. The molecule has 1 unspecified atom stereocenters. The van der Waals surface area contributed by atoms with Gasteiger partial charge in [0.1, 0.15) is 5.58 Å². The molecule has 0 spiro atoms. The maximum atomic E-state index is 5.65. The maximum Gasteiger partial charge on any atom is 0.134 e. The molecule has 0 saturated heterocycles. The quantitative estimate of drug-likeness (QED) is 0.676. The van der Waals surface area contributed by atoms with E-state index in [9.17, 15) is 0 Å². The summed E-state index contributed by atoms with van der Waals surface area (Å²) in [6, 6.07) is 17.1. The summed E-state index contributed by atoms with van der Waals surface area (Å²) in [5, 5.41) is 4.59. The molecule has 2 aromatic carbocycles. The van der Waals surface area contributed by atoms with Crippen LogP contribution in [0.3, 0.4) is 0 Å². The summed E-state index contributed by atoms with van der Waals surface area (Å²) in [7, 11) is 2.00. The number of likely N-dealkylation sites (N-methyl/N-ethyl adjacent to an activating group) is 1. The molecule has 0 bridgehead atoms. The Balaban J connectivity index is 1.91. The second kappa shape index (κ2) is 5.97. The summed E-state index contributed by atoms with van der Waals surface area (Å²) >= 11 is 2.33. The first-order chi connectivity index (χ1) is 9.78. The van der Waals surface area contributed by atoms with Crippen molar-refractivity contribution < 1.29 is 4.42 Å². The lowest BCUT2D eigenvalue weighted by molar-refractivity contribution is 0.563. The molecule has 3 heteroatoms. The van der Waals surface area contributed by atoms with Gasteiger partial charge in [-0.3, -0.25) is 0 Å². The summed E-state index contributed by atoms with van der Waals surface area (Å²) in [5.41, 5.74) is 3.50. The van der Waals surface area contributed by atoms with Crippen molar-refractivity contribution in [3.63, 3.8) is 0 Å². The van der Waals surface area contributed by atoms with Crippen LogP contribution >= 0.6 is 22.6 Å². The molecule has 102 valence electrons. The minimum atomic E-state index is 0.263. The Hall–Kier alpha value is -1.33. The number of hydrogen-bond acceptors (Lipinski definition) is 2. The summed E-state index contributed by atoms with van der Waals surface area (Å²) < 4.78 is 6.91. The summed E-state index contributed by atoms with van der Waals surface area (Å²) in [5.74, 6) is 0. The lowest BCUT2D eigenvalue weighted by atomic mass is 9.98. The van der Waals surface area contributed by atoms with Gasteiger partial charge in [0.2, 0.25) is 0 Å². The smallest absolute Gasteiger partial charge is 0.134 e. The Morgan fingerprint density at radius 1 is 1.10 bits per heavy atom. The Morgan fingerprint density at radius 3 is 2.60 bits per heavy atom. The zero-order valence-corrected chi connectivity index (χ0v) is 13.4. The molecule has 1 aromatic heterocycles. The second-order valence-electron chi connectivity index (χ2n) is 4.86. The average Bonchev–Trinajstić information content (AvgIpc) is 2.91. The van der Waals surface area contributed by atoms with Gasteiger partial charge in [-0.25, -0.2) is 0 Å². The molecule has 0 aliphatic heterocycles. The largest absolute Gasteiger partial charge is 0.464 e. The van der Waals surface area contributed by atoms with Crippen LogP contribution in [0, 0.1) is 3.57 Å². The second-order valence-corrected chi connectivity index (χ2v) is 6.10. The first kappa shape index (κ1) is 13.6. The van der Waals surface area contributed by atoms with E-state index in [4.69, 9.17) is 4.42 Å². The van der Waals surface area contributed by atoms with E-state index in [-0.39, 0.29) is 6.04 Å². The Bertz CT molecular complexity index is 702. The van der Waals surface area contributed by atoms with Crippen molar-refractivity contribution in [3.05, 3.63) is 69.5 Å². The van der Waals surface area contributed by atoms with Gasteiger partial charge >= 0.3 is 0 Å². The van der Waals surface area contributed by atoms with Crippen LogP contribution in [-0.2, 0) is 6.42 Å². The summed E-state index contributed by atoms with van der Waals surface area (Å²) in [6.07, 6.45) is 2.83. The van der Waals surface area contributed by atoms with Gasteiger partial charge in [0.05, 0.1) is 6.26 Å². The van der Waals surface area contributed by atoms with Crippen molar-refractivity contribution in [3.8, 4) is 0 Å². The number of rotatable bonds is 4. The number of para-hydroxylation sites is 1. The van der Waals surface area contributed by atoms with Crippen molar-refractivity contribution in [1.29, 1.82) is 0 Å². The SMILES string of the molecule is CNC(Cc1ccc(I)cc1)c1coc2ccccc12. The topological polar surface area (TPSA) is 25.2 Å². The zero-order chi connectivity index (χ0) is 13.9. The molecular formula is C17H16INO. The molecule has 0 aliphatic rings. The first-order valence-corrected chi connectivity index (χ1v) is 7.73. The van der Waals surface area contributed by atoms with E-state index in [1.165, 1.54) is 20.1 Å². The molecule has 0 amide bonds. The van der Waals surface area contributed by atoms with Gasteiger partial charge in [0.25, 0.3) is 0 Å². The van der Waals surface area contributed by atoms with Gasteiger partial charge in [-0.1, -0.05) is 30.3 Å². The van der Waals surface area contributed by atoms with E-state index in [1.54, 1.807) is 0 Å². The number of fused-ring (bicyclic) bond motifs is 1. The number of halogens is 1. The minimum Gasteiger partial charge on any atom is -0.464 e. The number of nitrogens with one attached hydrogen (secondary N) is 1. The molecule has 0 aliphatic carbocycles. The average molecular weight is 377 g/mol. The molecular weight excluding hydrogens is 361 g/mol. The Kier molecular flexibility index (Phi) is 4.08. The highest BCUT2D eigenvalue weighted by molar-refractivity contribution is 14.1. The fourth-order valence-corrected chi connectivity index (χ4v) is 2.85. The maximum absolute atomic E-state index is 5.65. The highest BCUT2D eigenvalue weighted by atomic mass is 127. The number of furan rings is 1. The molecule has 0 fully saturated rings. The Labute approximate surface area is 132 Å². The van der Waals surface area contributed by atoms with E-state index >= 15 is 0 Å². The van der Waals surface area contributed by atoms with E-state index in [0.717, 1.165) is 12.0 Å². The van der Waals surface area contributed by atoms with Gasteiger partial charge < -0.3 is 9.73 Å². The fourth-order valence-electron chi connectivity index (χ4n) is 2.49. The Morgan fingerprint density at radius 2 is 1.85 bits per heavy atom. The van der Waals surface area contributed by atoms with Crippen LogP contribution in [0.1, 0.15) is 17.2 Å². The monoisotopic (exact) mass is 377 g/mol. The number of benzene rings is 2. The van der Waals surface area contributed by atoms with Crippen molar-refractivity contribution in [1.82, 2.24) is 5.32 Å². The molecule has 1 heterocycles. The van der Waals surface area contributed by atoms with Gasteiger partial charge in [0.15, 0.2) is 0 Å². The van der Waals surface area contributed by atoms with Gasteiger partial charge in [0, 0.05) is 20.6 Å². The minimum absolute atomic E-state index is 0.263. The van der Waals surface area contributed by atoms with E-state index in [0.29, 0.717) is 0 Å². The molecule has 1 atom stereocenters. The third-order valence-corrected chi connectivity index (χ3v) is 4.31. The van der Waals surface area contributed by atoms with E-state index < -0.39 is 0 Å². The lowest BCUT2D eigenvalue weighted by Gasteiger charge is -2.15. The van der Waals surface area contributed by atoms with Crippen molar-refractivity contribution in [2.75, 3.05) is 7.05 Å². The van der Waals surface area contributed by atoms with Crippen LogP contribution in [0.5, 0.6) is 0 Å². The van der Waals surface area contributed by atoms with E-state index in [1.807, 2.05) is 25.4 Å². The molecule has 3 aromatic rings. The van der Waals surface area contributed by atoms with Gasteiger partial charge in [-0.15, -0.1) is 0 Å². The molecule has 1 N–H and O–H groups in total. The molecule has 2 nitrogen and oxygen atoms in total.